The lowest BCUT2D eigenvalue weighted by Crippen LogP contribution is -2.20. The molecule has 0 saturated carbocycles. The van der Waals surface area contributed by atoms with Crippen molar-refractivity contribution in [2.75, 3.05) is 11.9 Å². The van der Waals surface area contributed by atoms with Gasteiger partial charge in [0.05, 0.1) is 0 Å². The summed E-state index contributed by atoms with van der Waals surface area (Å²) in [6, 6.07) is 2.36. The Morgan fingerprint density at radius 2 is 2.20 bits per heavy atom. The highest BCUT2D eigenvalue weighted by Crippen LogP contribution is 2.09. The Balaban J connectivity index is 2.71. The number of anilines is 1. The van der Waals surface area contributed by atoms with E-state index in [4.69, 9.17) is 5.73 Å². The monoisotopic (exact) mass is 208 g/mol. The predicted octanol–water partition coefficient (Wildman–Crippen LogP) is 1.50. The molecule has 1 rings (SSSR count). The fourth-order valence-electron chi connectivity index (χ4n) is 1.46. The summed E-state index contributed by atoms with van der Waals surface area (Å²) in [4.78, 5) is 8.67. The minimum Gasteiger partial charge on any atom is -0.367 e. The molecule has 1 atom stereocenters. The Morgan fingerprint density at radius 1 is 1.47 bits per heavy atom. The van der Waals surface area contributed by atoms with Crippen LogP contribution in [0.1, 0.15) is 31.8 Å². The van der Waals surface area contributed by atoms with Crippen LogP contribution in [0.3, 0.4) is 0 Å². The molecule has 15 heavy (non-hydrogen) atoms. The van der Waals surface area contributed by atoms with Crippen LogP contribution in [0.15, 0.2) is 6.07 Å². The molecule has 4 heteroatoms. The third kappa shape index (κ3) is 3.83. The molecule has 1 aromatic rings. The zero-order chi connectivity index (χ0) is 11.3. The van der Waals surface area contributed by atoms with E-state index in [0.717, 1.165) is 30.2 Å². The number of aromatic nitrogens is 2. The van der Waals surface area contributed by atoms with E-state index in [1.165, 1.54) is 0 Å². The van der Waals surface area contributed by atoms with Gasteiger partial charge in [0.1, 0.15) is 11.6 Å². The van der Waals surface area contributed by atoms with Gasteiger partial charge in [0.15, 0.2) is 0 Å². The van der Waals surface area contributed by atoms with E-state index >= 15 is 0 Å². The molecule has 84 valence electrons. The maximum absolute atomic E-state index is 5.50. The Bertz CT molecular complexity index is 311. The normalized spacial score (nSPS) is 12.5. The van der Waals surface area contributed by atoms with Crippen molar-refractivity contribution in [1.29, 1.82) is 0 Å². The van der Waals surface area contributed by atoms with E-state index in [-0.39, 0.29) is 0 Å². The van der Waals surface area contributed by atoms with Gasteiger partial charge in [0, 0.05) is 17.8 Å². The molecule has 0 bridgehead atoms. The van der Waals surface area contributed by atoms with Crippen LogP contribution in [0.5, 0.6) is 0 Å². The van der Waals surface area contributed by atoms with E-state index in [9.17, 15) is 0 Å². The molecule has 1 aromatic heterocycles. The van der Waals surface area contributed by atoms with Crippen molar-refractivity contribution in [2.45, 2.75) is 39.7 Å². The Hall–Kier alpha value is -1.16. The molecule has 0 amide bonds. The molecule has 0 fully saturated rings. The Kier molecular flexibility index (Phi) is 4.49. The van der Waals surface area contributed by atoms with Gasteiger partial charge in [0.25, 0.3) is 0 Å². The van der Waals surface area contributed by atoms with Crippen LogP contribution >= 0.6 is 0 Å². The average Bonchev–Trinajstić information content (AvgIpc) is 2.17. The summed E-state index contributed by atoms with van der Waals surface area (Å²) in [5, 5.41) is 3.33. The maximum atomic E-state index is 5.50. The second kappa shape index (κ2) is 5.66. The van der Waals surface area contributed by atoms with Gasteiger partial charge in [0.2, 0.25) is 0 Å². The van der Waals surface area contributed by atoms with Gasteiger partial charge >= 0.3 is 0 Å². The lowest BCUT2D eigenvalue weighted by atomic mass is 10.2. The molecule has 0 spiro atoms. The zero-order valence-electron chi connectivity index (χ0n) is 9.75. The van der Waals surface area contributed by atoms with Gasteiger partial charge < -0.3 is 11.1 Å². The van der Waals surface area contributed by atoms with Crippen LogP contribution in [-0.4, -0.2) is 22.6 Å². The van der Waals surface area contributed by atoms with Crippen molar-refractivity contribution in [3.8, 4) is 0 Å². The summed E-state index contributed by atoms with van der Waals surface area (Å²) < 4.78 is 0. The van der Waals surface area contributed by atoms with Crippen molar-refractivity contribution in [1.82, 2.24) is 9.97 Å². The molecular formula is C11H20N4. The SMILES string of the molecule is CCc1cc(NC(C)CCN)nc(C)n1. The first-order valence-corrected chi connectivity index (χ1v) is 5.46. The predicted molar refractivity (Wildman–Crippen MR) is 62.9 cm³/mol. The molecule has 3 N–H and O–H groups in total. The number of aryl methyl sites for hydroxylation is 2. The smallest absolute Gasteiger partial charge is 0.130 e. The summed E-state index contributed by atoms with van der Waals surface area (Å²) in [5.74, 6) is 1.72. The van der Waals surface area contributed by atoms with Crippen molar-refractivity contribution < 1.29 is 0 Å². The van der Waals surface area contributed by atoms with Crippen LogP contribution in [0.25, 0.3) is 0 Å². The highest BCUT2D eigenvalue weighted by Gasteiger charge is 2.04. The van der Waals surface area contributed by atoms with Gasteiger partial charge in [-0.3, -0.25) is 0 Å². The van der Waals surface area contributed by atoms with Crippen LogP contribution in [0.4, 0.5) is 5.82 Å². The quantitative estimate of drug-likeness (QED) is 0.769. The van der Waals surface area contributed by atoms with Gasteiger partial charge in [-0.25, -0.2) is 9.97 Å². The lowest BCUT2D eigenvalue weighted by molar-refractivity contribution is 0.711. The van der Waals surface area contributed by atoms with Crippen LogP contribution < -0.4 is 11.1 Å². The second-order valence-corrected chi connectivity index (χ2v) is 3.77. The highest BCUT2D eigenvalue weighted by atomic mass is 15.0. The van der Waals surface area contributed by atoms with Crippen molar-refractivity contribution in [2.24, 2.45) is 5.73 Å². The van der Waals surface area contributed by atoms with Crippen LogP contribution in [-0.2, 0) is 6.42 Å². The number of hydrogen-bond acceptors (Lipinski definition) is 4. The molecule has 0 aliphatic heterocycles. The average molecular weight is 208 g/mol. The van der Waals surface area contributed by atoms with Gasteiger partial charge in [-0.1, -0.05) is 6.92 Å². The minimum atomic E-state index is 0.356. The number of hydrogen-bond donors (Lipinski definition) is 2. The third-order valence-corrected chi connectivity index (χ3v) is 2.25. The van der Waals surface area contributed by atoms with Crippen molar-refractivity contribution in [3.05, 3.63) is 17.6 Å². The third-order valence-electron chi connectivity index (χ3n) is 2.25. The molecule has 1 unspecified atom stereocenters. The van der Waals surface area contributed by atoms with E-state index in [0.29, 0.717) is 12.6 Å². The molecule has 0 radical (unpaired) electrons. The number of nitrogens with two attached hydrogens (primary N) is 1. The number of nitrogens with zero attached hydrogens (tertiary/aromatic N) is 2. The fourth-order valence-corrected chi connectivity index (χ4v) is 1.46. The van der Waals surface area contributed by atoms with E-state index < -0.39 is 0 Å². The summed E-state index contributed by atoms with van der Waals surface area (Å²) in [7, 11) is 0. The first-order valence-electron chi connectivity index (χ1n) is 5.46. The summed E-state index contributed by atoms with van der Waals surface area (Å²) in [5.41, 5.74) is 6.57. The first-order chi connectivity index (χ1) is 7.15. The molecule has 0 aliphatic rings. The minimum absolute atomic E-state index is 0.356. The van der Waals surface area contributed by atoms with Gasteiger partial charge in [-0.15, -0.1) is 0 Å². The van der Waals surface area contributed by atoms with E-state index in [2.05, 4.69) is 29.1 Å². The van der Waals surface area contributed by atoms with Crippen LogP contribution in [0, 0.1) is 6.92 Å². The van der Waals surface area contributed by atoms with Crippen molar-refractivity contribution >= 4 is 5.82 Å². The number of rotatable bonds is 5. The molecule has 1 heterocycles. The largest absolute Gasteiger partial charge is 0.367 e. The first kappa shape index (κ1) is 11.9. The molecule has 4 nitrogen and oxygen atoms in total. The van der Waals surface area contributed by atoms with E-state index in [1.54, 1.807) is 0 Å². The summed E-state index contributed by atoms with van der Waals surface area (Å²) in [6.45, 7) is 6.81. The lowest BCUT2D eigenvalue weighted by Gasteiger charge is -2.14. The standard InChI is InChI=1S/C11H20N4/c1-4-10-7-11(15-9(3)14-10)13-8(2)5-6-12/h7-8H,4-6,12H2,1-3H3,(H,13,14,15). The summed E-state index contributed by atoms with van der Waals surface area (Å²) >= 11 is 0. The molecule has 0 aromatic carbocycles. The van der Waals surface area contributed by atoms with Gasteiger partial charge in [-0.2, -0.15) is 0 Å². The molecule has 0 saturated heterocycles. The molecule has 0 aliphatic carbocycles. The Labute approximate surface area is 91.3 Å². The second-order valence-electron chi connectivity index (χ2n) is 3.77. The van der Waals surface area contributed by atoms with Crippen molar-refractivity contribution in [3.63, 3.8) is 0 Å². The van der Waals surface area contributed by atoms with Gasteiger partial charge in [-0.05, 0) is 33.2 Å². The summed E-state index contributed by atoms with van der Waals surface area (Å²) in [6.07, 6.45) is 1.88. The highest BCUT2D eigenvalue weighted by molar-refractivity contribution is 5.36. The number of nitrogens with one attached hydrogen (secondary N) is 1. The topological polar surface area (TPSA) is 63.8 Å². The Morgan fingerprint density at radius 3 is 2.80 bits per heavy atom. The fraction of sp³-hybridized carbons (Fsp3) is 0.636. The zero-order valence-corrected chi connectivity index (χ0v) is 9.75. The van der Waals surface area contributed by atoms with Crippen LogP contribution in [0.2, 0.25) is 0 Å². The maximum Gasteiger partial charge on any atom is 0.130 e. The molecular weight excluding hydrogens is 188 g/mol. The van der Waals surface area contributed by atoms with E-state index in [1.807, 2.05) is 13.0 Å².